The fourth-order valence-corrected chi connectivity index (χ4v) is 2.88. The number of halogens is 1. The Morgan fingerprint density at radius 3 is 2.80 bits per heavy atom. The first-order chi connectivity index (χ1) is 9.71. The monoisotopic (exact) mass is 354 g/mol. The number of hydrogen-bond acceptors (Lipinski definition) is 4. The molecular formula is C14H15BrN2O2S. The van der Waals surface area contributed by atoms with E-state index < -0.39 is 0 Å². The highest BCUT2D eigenvalue weighted by atomic mass is 79.9. The van der Waals surface area contributed by atoms with E-state index in [2.05, 4.69) is 26.2 Å². The van der Waals surface area contributed by atoms with Crippen LogP contribution < -0.4 is 10.1 Å². The van der Waals surface area contributed by atoms with Crippen LogP contribution in [0.3, 0.4) is 0 Å². The molecule has 1 aromatic heterocycles. The standard InChI is InChI=1S/C14H15BrN2O2S/c1-19-11-4-2-10(3-5-11)8-12-9-16-14(20-12)17-13(18)6-7-15/h2-5,9H,6-8H2,1H3,(H,16,17,18). The Balaban J connectivity index is 1.96. The van der Waals surface area contributed by atoms with E-state index in [9.17, 15) is 4.79 Å². The molecule has 0 aliphatic heterocycles. The second kappa shape index (κ2) is 7.40. The number of rotatable bonds is 6. The van der Waals surface area contributed by atoms with Gasteiger partial charge in [-0.25, -0.2) is 4.98 Å². The van der Waals surface area contributed by atoms with Crippen LogP contribution in [0.1, 0.15) is 16.9 Å². The number of methoxy groups -OCH3 is 1. The average molecular weight is 355 g/mol. The molecule has 0 aliphatic carbocycles. The van der Waals surface area contributed by atoms with Gasteiger partial charge >= 0.3 is 0 Å². The number of hydrogen-bond donors (Lipinski definition) is 1. The molecule has 0 bridgehead atoms. The van der Waals surface area contributed by atoms with E-state index in [1.807, 2.05) is 24.3 Å². The number of nitrogens with zero attached hydrogens (tertiary/aromatic N) is 1. The molecule has 1 amide bonds. The molecule has 20 heavy (non-hydrogen) atoms. The zero-order chi connectivity index (χ0) is 14.4. The Labute approximate surface area is 130 Å². The number of alkyl halides is 1. The largest absolute Gasteiger partial charge is 0.497 e. The predicted molar refractivity (Wildman–Crippen MR) is 85.0 cm³/mol. The van der Waals surface area contributed by atoms with Gasteiger partial charge in [-0.15, -0.1) is 11.3 Å². The van der Waals surface area contributed by atoms with Crippen molar-refractivity contribution in [2.45, 2.75) is 12.8 Å². The van der Waals surface area contributed by atoms with E-state index in [0.717, 1.165) is 17.0 Å². The minimum absolute atomic E-state index is 0.0211. The number of anilines is 1. The molecule has 0 saturated heterocycles. The van der Waals surface area contributed by atoms with E-state index in [1.54, 1.807) is 13.3 Å². The van der Waals surface area contributed by atoms with Crippen molar-refractivity contribution in [1.82, 2.24) is 4.98 Å². The zero-order valence-electron chi connectivity index (χ0n) is 11.1. The molecule has 0 atom stereocenters. The second-order valence-electron chi connectivity index (χ2n) is 4.14. The van der Waals surface area contributed by atoms with Crippen molar-refractivity contribution in [2.75, 3.05) is 17.8 Å². The molecule has 2 aromatic rings. The molecule has 0 aliphatic rings. The first-order valence-electron chi connectivity index (χ1n) is 6.14. The number of carbonyl (C=O) groups is 1. The summed E-state index contributed by atoms with van der Waals surface area (Å²) in [6.45, 7) is 0. The second-order valence-corrected chi connectivity index (χ2v) is 6.05. The summed E-state index contributed by atoms with van der Waals surface area (Å²) in [6, 6.07) is 7.94. The lowest BCUT2D eigenvalue weighted by Crippen LogP contribution is -2.10. The van der Waals surface area contributed by atoms with E-state index >= 15 is 0 Å². The molecule has 1 N–H and O–H groups in total. The van der Waals surface area contributed by atoms with E-state index in [1.165, 1.54) is 16.9 Å². The molecule has 4 nitrogen and oxygen atoms in total. The minimum atomic E-state index is -0.0211. The third kappa shape index (κ3) is 4.31. The van der Waals surface area contributed by atoms with Crippen molar-refractivity contribution < 1.29 is 9.53 Å². The van der Waals surface area contributed by atoms with Crippen molar-refractivity contribution in [2.24, 2.45) is 0 Å². The normalized spacial score (nSPS) is 10.3. The van der Waals surface area contributed by atoms with Crippen molar-refractivity contribution >= 4 is 38.3 Å². The Morgan fingerprint density at radius 1 is 1.40 bits per heavy atom. The van der Waals surface area contributed by atoms with Gasteiger partial charge in [0.05, 0.1) is 7.11 Å². The number of carbonyl (C=O) groups excluding carboxylic acids is 1. The Bertz CT molecular complexity index is 569. The molecule has 2 rings (SSSR count). The smallest absolute Gasteiger partial charge is 0.226 e. The summed E-state index contributed by atoms with van der Waals surface area (Å²) in [6.07, 6.45) is 3.06. The van der Waals surface area contributed by atoms with Gasteiger partial charge < -0.3 is 10.1 Å². The van der Waals surface area contributed by atoms with Gasteiger partial charge in [-0.1, -0.05) is 28.1 Å². The maximum atomic E-state index is 11.5. The third-order valence-electron chi connectivity index (χ3n) is 2.66. The van der Waals surface area contributed by atoms with E-state index in [4.69, 9.17) is 4.74 Å². The van der Waals surface area contributed by atoms with Crippen molar-refractivity contribution in [3.05, 3.63) is 40.9 Å². The number of ether oxygens (including phenoxy) is 1. The van der Waals surface area contributed by atoms with Crippen LogP contribution in [0.5, 0.6) is 5.75 Å². The average Bonchev–Trinajstić information content (AvgIpc) is 2.87. The van der Waals surface area contributed by atoms with Gasteiger partial charge in [0.1, 0.15) is 5.75 Å². The molecule has 0 saturated carbocycles. The van der Waals surface area contributed by atoms with Crippen molar-refractivity contribution in [3.63, 3.8) is 0 Å². The molecule has 106 valence electrons. The summed E-state index contributed by atoms with van der Waals surface area (Å²) >= 11 is 4.74. The first-order valence-corrected chi connectivity index (χ1v) is 8.08. The maximum Gasteiger partial charge on any atom is 0.226 e. The molecule has 1 heterocycles. The number of nitrogens with one attached hydrogen (secondary N) is 1. The molecular weight excluding hydrogens is 340 g/mol. The Hall–Kier alpha value is -1.40. The van der Waals surface area contributed by atoms with Crippen molar-refractivity contribution in [1.29, 1.82) is 0 Å². The highest BCUT2D eigenvalue weighted by Gasteiger charge is 2.06. The summed E-state index contributed by atoms with van der Waals surface area (Å²) < 4.78 is 5.13. The fourth-order valence-electron chi connectivity index (χ4n) is 1.66. The van der Waals surface area contributed by atoms with Gasteiger partial charge in [0.15, 0.2) is 5.13 Å². The third-order valence-corrected chi connectivity index (χ3v) is 3.97. The minimum Gasteiger partial charge on any atom is -0.497 e. The summed E-state index contributed by atoms with van der Waals surface area (Å²) in [5.74, 6) is 0.827. The lowest BCUT2D eigenvalue weighted by atomic mass is 10.1. The van der Waals surface area contributed by atoms with Gasteiger partial charge in [0, 0.05) is 29.2 Å². The van der Waals surface area contributed by atoms with E-state index in [0.29, 0.717) is 16.9 Å². The van der Waals surface area contributed by atoms with Crippen LogP contribution in [-0.4, -0.2) is 23.3 Å². The molecule has 6 heteroatoms. The van der Waals surface area contributed by atoms with Gasteiger partial charge in [-0.3, -0.25) is 4.79 Å². The topological polar surface area (TPSA) is 51.2 Å². The number of benzene rings is 1. The predicted octanol–water partition coefficient (Wildman–Crippen LogP) is 3.47. The van der Waals surface area contributed by atoms with Gasteiger partial charge in [0.25, 0.3) is 0 Å². The summed E-state index contributed by atoms with van der Waals surface area (Å²) in [7, 11) is 1.65. The van der Waals surface area contributed by atoms with Crippen LogP contribution in [0.2, 0.25) is 0 Å². The summed E-state index contributed by atoms with van der Waals surface area (Å²) in [5.41, 5.74) is 1.19. The molecule has 1 aromatic carbocycles. The Kier molecular flexibility index (Phi) is 5.55. The molecule has 0 unspecified atom stereocenters. The molecule has 0 radical (unpaired) electrons. The first kappa shape index (κ1) is 15.0. The molecule has 0 fully saturated rings. The van der Waals surface area contributed by atoms with Crippen LogP contribution in [0.25, 0.3) is 0 Å². The molecule has 0 spiro atoms. The number of amides is 1. The SMILES string of the molecule is COc1ccc(Cc2cnc(NC(=O)CCBr)s2)cc1. The summed E-state index contributed by atoms with van der Waals surface area (Å²) in [4.78, 5) is 16.8. The fraction of sp³-hybridized carbons (Fsp3) is 0.286. The van der Waals surface area contributed by atoms with Crippen LogP contribution in [0, 0.1) is 0 Å². The maximum absolute atomic E-state index is 11.5. The van der Waals surface area contributed by atoms with Crippen LogP contribution >= 0.6 is 27.3 Å². The number of thiazole rings is 1. The van der Waals surface area contributed by atoms with Crippen molar-refractivity contribution in [3.8, 4) is 5.75 Å². The summed E-state index contributed by atoms with van der Waals surface area (Å²) in [5, 5.41) is 4.09. The van der Waals surface area contributed by atoms with Crippen LogP contribution in [0.15, 0.2) is 30.5 Å². The zero-order valence-corrected chi connectivity index (χ0v) is 13.5. The number of aromatic nitrogens is 1. The van der Waals surface area contributed by atoms with E-state index in [-0.39, 0.29) is 5.91 Å². The van der Waals surface area contributed by atoms with Crippen LogP contribution in [0.4, 0.5) is 5.13 Å². The Morgan fingerprint density at radius 2 is 2.15 bits per heavy atom. The highest BCUT2D eigenvalue weighted by molar-refractivity contribution is 9.09. The quantitative estimate of drug-likeness (QED) is 0.808. The van der Waals surface area contributed by atoms with Gasteiger partial charge in [-0.05, 0) is 17.7 Å². The van der Waals surface area contributed by atoms with Crippen LogP contribution in [-0.2, 0) is 11.2 Å². The lowest BCUT2D eigenvalue weighted by molar-refractivity contribution is -0.115. The highest BCUT2D eigenvalue weighted by Crippen LogP contribution is 2.22. The van der Waals surface area contributed by atoms with Gasteiger partial charge in [-0.2, -0.15) is 0 Å². The lowest BCUT2D eigenvalue weighted by Gasteiger charge is -2.01. The van der Waals surface area contributed by atoms with Gasteiger partial charge in [0.2, 0.25) is 5.91 Å².